The van der Waals surface area contributed by atoms with Crippen LogP contribution in [0.15, 0.2) is 24.3 Å². The van der Waals surface area contributed by atoms with Gasteiger partial charge in [0, 0.05) is 19.6 Å². The van der Waals surface area contributed by atoms with E-state index in [0.717, 1.165) is 25.4 Å². The molecule has 3 nitrogen and oxygen atoms in total. The van der Waals surface area contributed by atoms with Crippen molar-refractivity contribution < 1.29 is 4.74 Å². The number of hydrogen-bond donors (Lipinski definition) is 1. The van der Waals surface area contributed by atoms with Gasteiger partial charge >= 0.3 is 0 Å². The summed E-state index contributed by atoms with van der Waals surface area (Å²) < 4.78 is 5.79. The molecule has 1 aromatic carbocycles. The number of likely N-dealkylation sites (N-methyl/N-ethyl adjacent to an activating group) is 1. The number of ether oxygens (including phenoxy) is 1. The van der Waals surface area contributed by atoms with Crippen LogP contribution in [-0.4, -0.2) is 38.2 Å². The molecule has 1 fully saturated rings. The van der Waals surface area contributed by atoms with Crippen molar-refractivity contribution in [1.82, 2.24) is 10.2 Å². The highest BCUT2D eigenvalue weighted by molar-refractivity contribution is 5.27. The maximum absolute atomic E-state index is 5.79. The lowest BCUT2D eigenvalue weighted by atomic mass is 10.2. The van der Waals surface area contributed by atoms with E-state index >= 15 is 0 Å². The third-order valence-electron chi connectivity index (χ3n) is 2.64. The molecule has 3 heteroatoms. The quantitative estimate of drug-likeness (QED) is 0.798. The number of rotatable bonds is 4. The Balaban J connectivity index is 1.87. The van der Waals surface area contributed by atoms with Crippen molar-refractivity contribution in [2.75, 3.05) is 27.2 Å². The van der Waals surface area contributed by atoms with Crippen LogP contribution in [0.1, 0.15) is 5.56 Å². The summed E-state index contributed by atoms with van der Waals surface area (Å²) in [4.78, 5) is 2.25. The molecule has 1 aromatic rings. The molecule has 1 aliphatic heterocycles. The van der Waals surface area contributed by atoms with E-state index in [1.54, 1.807) is 0 Å². The summed E-state index contributed by atoms with van der Waals surface area (Å²) in [5.41, 5.74) is 1.29. The predicted octanol–water partition coefficient (Wildman–Crippen LogP) is 1.10. The second kappa shape index (κ2) is 4.64. The van der Waals surface area contributed by atoms with Crippen LogP contribution >= 0.6 is 0 Å². The lowest BCUT2D eigenvalue weighted by Gasteiger charge is -2.36. The Morgan fingerprint density at radius 2 is 2.00 bits per heavy atom. The first-order valence-electron chi connectivity index (χ1n) is 5.36. The van der Waals surface area contributed by atoms with Crippen LogP contribution in [0.2, 0.25) is 0 Å². The average Bonchev–Trinajstić information content (AvgIpc) is 2.19. The summed E-state index contributed by atoms with van der Waals surface area (Å²) in [6.45, 7) is 2.99. The van der Waals surface area contributed by atoms with Crippen LogP contribution in [0.4, 0.5) is 0 Å². The fourth-order valence-corrected chi connectivity index (χ4v) is 1.80. The monoisotopic (exact) mass is 206 g/mol. The summed E-state index contributed by atoms with van der Waals surface area (Å²) in [5, 5.41) is 3.12. The third-order valence-corrected chi connectivity index (χ3v) is 2.64. The first kappa shape index (κ1) is 10.5. The Kier molecular flexibility index (Phi) is 3.23. The van der Waals surface area contributed by atoms with Gasteiger partial charge in [-0.05, 0) is 31.8 Å². The first-order chi connectivity index (χ1) is 7.28. The molecular formula is C12H18N2O. The SMILES string of the molecule is CNCc1ccc(OC2CN(C)C2)cc1. The van der Waals surface area contributed by atoms with Crippen molar-refractivity contribution in [3.05, 3.63) is 29.8 Å². The molecule has 0 atom stereocenters. The molecule has 0 saturated carbocycles. The Morgan fingerprint density at radius 3 is 2.53 bits per heavy atom. The van der Waals surface area contributed by atoms with Crippen molar-refractivity contribution in [3.8, 4) is 5.75 Å². The highest BCUT2D eigenvalue weighted by atomic mass is 16.5. The largest absolute Gasteiger partial charge is 0.488 e. The lowest BCUT2D eigenvalue weighted by Crippen LogP contribution is -2.51. The number of benzene rings is 1. The average molecular weight is 206 g/mol. The minimum atomic E-state index is 0.380. The van der Waals surface area contributed by atoms with Gasteiger partial charge in [0.25, 0.3) is 0 Å². The molecule has 0 aromatic heterocycles. The number of nitrogens with one attached hydrogen (secondary N) is 1. The number of likely N-dealkylation sites (tertiary alicyclic amines) is 1. The van der Waals surface area contributed by atoms with E-state index in [9.17, 15) is 0 Å². The van der Waals surface area contributed by atoms with Gasteiger partial charge in [-0.2, -0.15) is 0 Å². The Hall–Kier alpha value is -1.06. The van der Waals surface area contributed by atoms with Crippen molar-refractivity contribution in [2.45, 2.75) is 12.6 Å². The van der Waals surface area contributed by atoms with Gasteiger partial charge in [0.15, 0.2) is 0 Å². The Labute approximate surface area is 91.0 Å². The van der Waals surface area contributed by atoms with Crippen LogP contribution < -0.4 is 10.1 Å². The molecule has 1 saturated heterocycles. The van der Waals surface area contributed by atoms with Gasteiger partial charge in [-0.15, -0.1) is 0 Å². The van der Waals surface area contributed by atoms with E-state index in [4.69, 9.17) is 4.74 Å². The van der Waals surface area contributed by atoms with E-state index in [-0.39, 0.29) is 0 Å². The topological polar surface area (TPSA) is 24.5 Å². The zero-order valence-corrected chi connectivity index (χ0v) is 9.36. The van der Waals surface area contributed by atoms with Crippen molar-refractivity contribution in [2.24, 2.45) is 0 Å². The fraction of sp³-hybridized carbons (Fsp3) is 0.500. The summed E-state index contributed by atoms with van der Waals surface area (Å²) in [6, 6.07) is 8.30. The van der Waals surface area contributed by atoms with Gasteiger partial charge in [-0.3, -0.25) is 4.90 Å². The third kappa shape index (κ3) is 2.70. The van der Waals surface area contributed by atoms with Gasteiger partial charge < -0.3 is 10.1 Å². The smallest absolute Gasteiger partial charge is 0.124 e. The normalized spacial score (nSPS) is 17.5. The Morgan fingerprint density at radius 1 is 1.33 bits per heavy atom. The summed E-state index contributed by atoms with van der Waals surface area (Å²) in [7, 11) is 4.06. The molecule has 82 valence electrons. The highest BCUT2D eigenvalue weighted by Gasteiger charge is 2.24. The van der Waals surface area contributed by atoms with Crippen molar-refractivity contribution in [1.29, 1.82) is 0 Å². The van der Waals surface area contributed by atoms with E-state index in [1.807, 2.05) is 19.2 Å². The van der Waals surface area contributed by atoms with Gasteiger partial charge in [0.1, 0.15) is 11.9 Å². The molecule has 2 rings (SSSR count). The van der Waals surface area contributed by atoms with Crippen molar-refractivity contribution in [3.63, 3.8) is 0 Å². The minimum Gasteiger partial charge on any atom is -0.488 e. The van der Waals surface area contributed by atoms with Crippen LogP contribution in [0.25, 0.3) is 0 Å². The molecule has 0 aliphatic carbocycles. The van der Waals surface area contributed by atoms with E-state index in [2.05, 4.69) is 29.4 Å². The van der Waals surface area contributed by atoms with Crippen LogP contribution in [0.3, 0.4) is 0 Å². The molecule has 0 bridgehead atoms. The van der Waals surface area contributed by atoms with Gasteiger partial charge in [-0.25, -0.2) is 0 Å². The van der Waals surface area contributed by atoms with Crippen LogP contribution in [0, 0.1) is 0 Å². The maximum Gasteiger partial charge on any atom is 0.124 e. The maximum atomic E-state index is 5.79. The standard InChI is InChI=1S/C12H18N2O/c1-13-7-10-3-5-11(6-4-10)15-12-8-14(2)9-12/h3-6,12-13H,7-9H2,1-2H3. The predicted molar refractivity (Wildman–Crippen MR) is 61.1 cm³/mol. The zero-order valence-electron chi connectivity index (χ0n) is 9.36. The molecule has 0 spiro atoms. The molecule has 0 radical (unpaired) electrons. The molecule has 1 heterocycles. The van der Waals surface area contributed by atoms with Gasteiger partial charge in [0.05, 0.1) is 0 Å². The fourth-order valence-electron chi connectivity index (χ4n) is 1.80. The zero-order chi connectivity index (χ0) is 10.7. The molecule has 15 heavy (non-hydrogen) atoms. The van der Waals surface area contributed by atoms with E-state index < -0.39 is 0 Å². The highest BCUT2D eigenvalue weighted by Crippen LogP contribution is 2.17. The summed E-state index contributed by atoms with van der Waals surface area (Å²) >= 11 is 0. The van der Waals surface area contributed by atoms with E-state index in [1.165, 1.54) is 5.56 Å². The second-order valence-corrected chi connectivity index (χ2v) is 4.14. The molecular weight excluding hydrogens is 188 g/mol. The van der Waals surface area contributed by atoms with E-state index in [0.29, 0.717) is 6.10 Å². The summed E-state index contributed by atoms with van der Waals surface area (Å²) in [5.74, 6) is 0.980. The van der Waals surface area contributed by atoms with Crippen LogP contribution in [0.5, 0.6) is 5.75 Å². The molecule has 0 amide bonds. The Bertz CT molecular complexity index is 304. The van der Waals surface area contributed by atoms with Crippen molar-refractivity contribution >= 4 is 0 Å². The minimum absolute atomic E-state index is 0.380. The van der Waals surface area contributed by atoms with Gasteiger partial charge in [0.2, 0.25) is 0 Å². The van der Waals surface area contributed by atoms with Crippen LogP contribution in [-0.2, 0) is 6.54 Å². The number of nitrogens with zero attached hydrogens (tertiary/aromatic N) is 1. The first-order valence-corrected chi connectivity index (χ1v) is 5.36. The second-order valence-electron chi connectivity index (χ2n) is 4.14. The molecule has 0 unspecified atom stereocenters. The lowest BCUT2D eigenvalue weighted by molar-refractivity contribution is 0.0388. The summed E-state index contributed by atoms with van der Waals surface area (Å²) in [6.07, 6.45) is 0.380. The molecule has 1 aliphatic rings. The molecule has 1 N–H and O–H groups in total. The van der Waals surface area contributed by atoms with Gasteiger partial charge in [-0.1, -0.05) is 12.1 Å². The number of hydrogen-bond acceptors (Lipinski definition) is 3.